The first-order chi connectivity index (χ1) is 12.3. The van der Waals surface area contributed by atoms with Crippen LogP contribution in [0.25, 0.3) is 30.9 Å². The molecule has 2 aromatic heterocycles. The van der Waals surface area contributed by atoms with Crippen LogP contribution in [0.15, 0.2) is 48.8 Å². The van der Waals surface area contributed by atoms with Gasteiger partial charge in [0, 0.05) is 27.9 Å². The van der Waals surface area contributed by atoms with Crippen LogP contribution in [0, 0.1) is 0 Å². The lowest BCUT2D eigenvalue weighted by molar-refractivity contribution is -0.0893. The molecule has 2 heterocycles. The molecule has 0 aliphatic rings. The maximum Gasteiger partial charge on any atom is 0.330 e. The highest BCUT2D eigenvalue weighted by Gasteiger charge is 2.35. The normalized spacial score (nSPS) is 13.0. The predicted octanol–water partition coefficient (Wildman–Crippen LogP) is 4.41. The van der Waals surface area contributed by atoms with Crippen LogP contribution in [0.2, 0.25) is 0 Å². The highest BCUT2D eigenvalue weighted by molar-refractivity contribution is 7.26. The number of hydrogen-bond acceptors (Lipinski definition) is 4. The molecule has 0 saturated carbocycles. The van der Waals surface area contributed by atoms with E-state index in [2.05, 4.69) is 35.3 Å². The first kappa shape index (κ1) is 17.5. The number of rotatable bonds is 4. The molecule has 3 nitrogen and oxygen atoms in total. The minimum absolute atomic E-state index is 0.683. The van der Waals surface area contributed by atoms with Crippen LogP contribution in [-0.2, 0) is 4.65 Å². The van der Waals surface area contributed by atoms with E-state index in [0.717, 1.165) is 5.46 Å². The fourth-order valence-electron chi connectivity index (χ4n) is 2.86. The van der Waals surface area contributed by atoms with Crippen LogP contribution < -0.4 is 5.46 Å². The van der Waals surface area contributed by atoms with Crippen molar-refractivity contribution in [3.8, 4) is 0 Å². The fraction of sp³-hybridized carbons (Fsp3) is 0.286. The molecule has 5 heteroatoms. The molecule has 0 spiro atoms. The Bertz CT molecular complexity index is 1110. The highest BCUT2D eigenvalue weighted by atomic mass is 32.1. The van der Waals surface area contributed by atoms with E-state index in [1.165, 1.54) is 30.9 Å². The number of aromatic nitrogens is 1. The van der Waals surface area contributed by atoms with Crippen LogP contribution in [0.3, 0.4) is 0 Å². The van der Waals surface area contributed by atoms with Gasteiger partial charge < -0.3 is 9.76 Å². The van der Waals surface area contributed by atoms with Crippen molar-refractivity contribution in [2.75, 3.05) is 0 Å². The Morgan fingerprint density at radius 2 is 1.77 bits per heavy atom. The van der Waals surface area contributed by atoms with Crippen molar-refractivity contribution in [2.24, 2.45) is 0 Å². The molecule has 4 aromatic rings. The third-order valence-corrected chi connectivity index (χ3v) is 6.44. The number of hydrogen-bond donors (Lipinski definition) is 1. The van der Waals surface area contributed by atoms with Crippen LogP contribution >= 0.6 is 11.3 Å². The molecule has 0 amide bonds. The second-order valence-corrected chi connectivity index (χ2v) is 8.75. The molecule has 0 bridgehead atoms. The van der Waals surface area contributed by atoms with Gasteiger partial charge in [0.2, 0.25) is 0 Å². The molecule has 4 rings (SSSR count). The zero-order chi connectivity index (χ0) is 18.5. The van der Waals surface area contributed by atoms with Crippen LogP contribution in [-0.4, -0.2) is 28.8 Å². The molecule has 0 aliphatic heterocycles. The Hall–Kier alpha value is -1.95. The van der Waals surface area contributed by atoms with Gasteiger partial charge in [0.05, 0.1) is 15.9 Å². The molecule has 0 atom stereocenters. The topological polar surface area (TPSA) is 42.4 Å². The van der Waals surface area contributed by atoms with Crippen molar-refractivity contribution in [3.05, 3.63) is 48.8 Å². The molecule has 0 unspecified atom stereocenters. The summed E-state index contributed by atoms with van der Waals surface area (Å²) in [7, 11) is 1.74. The molecule has 1 N–H and O–H groups in total. The summed E-state index contributed by atoms with van der Waals surface area (Å²) in [5.74, 6) is 0. The SMILES string of the molecule is CC(C)(O)C(C)(C)O[B]c1ccc2ccc3c4ccncc4sc3c2c1. The Morgan fingerprint density at radius 1 is 1.00 bits per heavy atom. The summed E-state index contributed by atoms with van der Waals surface area (Å²) < 4.78 is 8.38. The summed E-state index contributed by atoms with van der Waals surface area (Å²) in [6.45, 7) is 7.30. The molecule has 26 heavy (non-hydrogen) atoms. The zero-order valence-corrected chi connectivity index (χ0v) is 16.2. The zero-order valence-electron chi connectivity index (χ0n) is 15.4. The molecule has 1 radical (unpaired) electrons. The highest BCUT2D eigenvalue weighted by Crippen LogP contribution is 2.37. The molecule has 2 aromatic carbocycles. The van der Waals surface area contributed by atoms with E-state index in [0.29, 0.717) is 0 Å². The molecule has 0 saturated heterocycles. The second kappa shape index (κ2) is 6.05. The summed E-state index contributed by atoms with van der Waals surface area (Å²) in [5, 5.41) is 15.2. The maximum atomic E-state index is 10.3. The minimum atomic E-state index is -0.938. The van der Waals surface area contributed by atoms with Gasteiger partial charge in [-0.1, -0.05) is 35.8 Å². The summed E-state index contributed by atoms with van der Waals surface area (Å²) in [5.41, 5.74) is -0.638. The smallest absolute Gasteiger partial charge is 0.330 e. The standard InChI is InChI=1S/C21H21BNO2S/c1-20(2,24)21(3,4)25-22-14-7-5-13-6-8-16-15-9-10-23-12-18(15)26-19(16)17(13)11-14/h5-12,24H,1-4H3. The van der Waals surface area contributed by atoms with Gasteiger partial charge in [-0.2, -0.15) is 0 Å². The van der Waals surface area contributed by atoms with Crippen molar-refractivity contribution in [3.63, 3.8) is 0 Å². The molecule has 131 valence electrons. The van der Waals surface area contributed by atoms with E-state index >= 15 is 0 Å². The largest absolute Gasteiger partial charge is 0.427 e. The van der Waals surface area contributed by atoms with E-state index in [-0.39, 0.29) is 0 Å². The first-order valence-corrected chi connectivity index (χ1v) is 9.50. The van der Waals surface area contributed by atoms with Crippen molar-refractivity contribution in [1.82, 2.24) is 4.98 Å². The van der Waals surface area contributed by atoms with Crippen molar-refractivity contribution < 1.29 is 9.76 Å². The molecule has 0 fully saturated rings. The monoisotopic (exact) mass is 362 g/mol. The third kappa shape index (κ3) is 2.90. The lowest BCUT2D eigenvalue weighted by Crippen LogP contribution is -2.49. The van der Waals surface area contributed by atoms with Gasteiger partial charge in [0.15, 0.2) is 0 Å². The minimum Gasteiger partial charge on any atom is -0.427 e. The number of fused-ring (bicyclic) bond motifs is 5. The predicted molar refractivity (Wildman–Crippen MR) is 111 cm³/mol. The van der Waals surface area contributed by atoms with E-state index in [9.17, 15) is 5.11 Å². The number of nitrogens with zero attached hydrogens (tertiary/aromatic N) is 1. The summed E-state index contributed by atoms with van der Waals surface area (Å²) >= 11 is 1.77. The van der Waals surface area contributed by atoms with Gasteiger partial charge in [-0.15, -0.1) is 11.3 Å². The van der Waals surface area contributed by atoms with Gasteiger partial charge in [-0.05, 0) is 44.5 Å². The quantitative estimate of drug-likeness (QED) is 0.547. The molecular weight excluding hydrogens is 341 g/mol. The first-order valence-electron chi connectivity index (χ1n) is 8.69. The summed E-state index contributed by atoms with van der Waals surface area (Å²) in [4.78, 5) is 4.25. The average Bonchev–Trinajstić information content (AvgIpc) is 2.98. The number of pyridine rings is 1. The average molecular weight is 362 g/mol. The van der Waals surface area contributed by atoms with E-state index in [4.69, 9.17) is 4.65 Å². The molecule has 0 aliphatic carbocycles. The lowest BCUT2D eigenvalue weighted by atomic mass is 9.82. The van der Waals surface area contributed by atoms with Crippen molar-refractivity contribution >= 4 is 55.2 Å². The number of benzene rings is 2. The van der Waals surface area contributed by atoms with E-state index in [1.54, 1.807) is 32.7 Å². The van der Waals surface area contributed by atoms with Gasteiger partial charge in [-0.3, -0.25) is 4.98 Å². The Morgan fingerprint density at radius 3 is 2.54 bits per heavy atom. The van der Waals surface area contributed by atoms with Crippen molar-refractivity contribution in [1.29, 1.82) is 0 Å². The molecular formula is C21H21BNO2S. The Labute approximate surface area is 157 Å². The third-order valence-electron chi connectivity index (χ3n) is 5.25. The van der Waals surface area contributed by atoms with Crippen molar-refractivity contribution in [2.45, 2.75) is 38.9 Å². The maximum absolute atomic E-state index is 10.3. The summed E-state index contributed by atoms with van der Waals surface area (Å²) in [6.07, 6.45) is 3.77. The van der Waals surface area contributed by atoms with Crippen LogP contribution in [0.1, 0.15) is 27.7 Å². The van der Waals surface area contributed by atoms with Crippen LogP contribution in [0.5, 0.6) is 0 Å². The van der Waals surface area contributed by atoms with E-state index < -0.39 is 11.2 Å². The van der Waals surface area contributed by atoms with Crippen LogP contribution in [0.4, 0.5) is 0 Å². The number of thiophene rings is 1. The van der Waals surface area contributed by atoms with Gasteiger partial charge in [0.25, 0.3) is 0 Å². The van der Waals surface area contributed by atoms with Gasteiger partial charge >= 0.3 is 7.48 Å². The summed E-state index contributed by atoms with van der Waals surface area (Å²) in [6, 6.07) is 12.7. The van der Waals surface area contributed by atoms with E-state index in [1.807, 2.05) is 32.3 Å². The Balaban J connectivity index is 1.77. The lowest BCUT2D eigenvalue weighted by Gasteiger charge is -2.37. The van der Waals surface area contributed by atoms with Gasteiger partial charge in [-0.25, -0.2) is 0 Å². The number of aliphatic hydroxyl groups is 1. The fourth-order valence-corrected chi connectivity index (χ4v) is 4.05. The second-order valence-electron chi connectivity index (χ2n) is 7.70. The van der Waals surface area contributed by atoms with Gasteiger partial charge in [0.1, 0.15) is 0 Å². The Kier molecular flexibility index (Phi) is 4.06.